The number of carboxylic acid groups (broad SMARTS) is 1. The number of nitrogens with two attached hydrogens (primary N) is 2. The first kappa shape index (κ1) is 102. The number of esters is 1. The lowest BCUT2D eigenvalue weighted by Gasteiger charge is -2.43. The number of ketones is 2. The first-order chi connectivity index (χ1) is 66.3. The Kier molecular flexibility index (Phi) is 34.9. The van der Waals surface area contributed by atoms with Crippen molar-refractivity contribution in [3.05, 3.63) is 143 Å². The van der Waals surface area contributed by atoms with Gasteiger partial charge in [-0.15, -0.1) is 0 Å². The maximum Gasteiger partial charge on any atom is 0.329 e. The molecule has 1 aliphatic carbocycles. The SMILES string of the molecule is CO[C@H]1C[C@@H]2CC[C@@H](C)[C@@](O)(O2)C(=O)C(=O)N2CCCC[C@H]2C(=O)O[C@H]([C@H](C)C[C@@H]2CC[C@@H](O)[C@H](OC)C2)C[C@@H](O)[C@H](C)/C=C(\C)[C@@H](O)[C@@H](OC)C(=NOCC(=O)CCc2cnc(N3CCN(C(=O)CCOCCN4CCN(c5ncc(C(=O)N6CCc7cc(Cn8nc(-c9ccc%10oc(N)nc%10c9)c9c(N)ncnc98)ccc7C6)cn5)CC4)[C@@H](C(=O)O)C3)nc2)[C@H](C)C[C@H](C)/C=C/C=C/C=C/1C. The molecule has 14 rings (SSSR count). The maximum absolute atomic E-state index is 14.8. The molecular weight excluding hydrogens is 1770 g/mol. The summed E-state index contributed by atoms with van der Waals surface area (Å²) in [7, 11) is 4.57. The van der Waals surface area contributed by atoms with Gasteiger partial charge in [-0.05, 0) is 160 Å². The second kappa shape index (κ2) is 47.0. The van der Waals surface area contributed by atoms with Gasteiger partial charge in [-0.25, -0.2) is 44.2 Å². The summed E-state index contributed by atoms with van der Waals surface area (Å²) < 4.78 is 43.7. The van der Waals surface area contributed by atoms with E-state index in [9.17, 15) is 59.1 Å². The van der Waals surface area contributed by atoms with E-state index in [-0.39, 0.29) is 125 Å². The Bertz CT molecular complexity index is 5570. The largest absolute Gasteiger partial charge is 0.480 e. The molecule has 38 nitrogen and oxygen atoms in total. The fourth-order valence-corrected chi connectivity index (χ4v) is 20.1. The van der Waals surface area contributed by atoms with Gasteiger partial charge >= 0.3 is 11.9 Å². The van der Waals surface area contributed by atoms with Crippen LogP contribution in [0.1, 0.15) is 171 Å². The van der Waals surface area contributed by atoms with Crippen molar-refractivity contribution in [1.29, 1.82) is 0 Å². The fraction of sp³-hybridized carbons (Fsp3) is 0.580. The molecule has 0 spiro atoms. The van der Waals surface area contributed by atoms with E-state index in [1.165, 1.54) is 23.2 Å². The van der Waals surface area contributed by atoms with E-state index >= 15 is 0 Å². The number of aliphatic hydroxyl groups is 4. The number of rotatable bonds is 25. The molecule has 2 aromatic carbocycles. The van der Waals surface area contributed by atoms with Crippen LogP contribution in [0.15, 0.2) is 125 Å². The van der Waals surface area contributed by atoms with Gasteiger partial charge in [0.15, 0.2) is 23.6 Å². The summed E-state index contributed by atoms with van der Waals surface area (Å²) in [6, 6.07) is 9.47. The Balaban J connectivity index is 0.538. The molecular formula is C100H134N18O20. The Morgan fingerprint density at radius 2 is 1.50 bits per heavy atom. The van der Waals surface area contributed by atoms with Crippen molar-refractivity contribution >= 4 is 92.8 Å². The number of allylic oxidation sites excluding steroid dienone is 5. The van der Waals surface area contributed by atoms with Gasteiger partial charge in [0.1, 0.15) is 53.8 Å². The quantitative estimate of drug-likeness (QED) is 0.00930. The molecule has 5 fully saturated rings. The molecule has 3 amide bonds. The smallest absolute Gasteiger partial charge is 0.329 e. The number of ether oxygens (including phenoxy) is 6. The van der Waals surface area contributed by atoms with Gasteiger partial charge in [-0.1, -0.05) is 94.4 Å². The lowest BCUT2D eigenvalue weighted by atomic mass is 9.78. The zero-order chi connectivity index (χ0) is 98.2. The molecule has 0 radical (unpaired) electrons. The van der Waals surface area contributed by atoms with Crippen molar-refractivity contribution in [3.8, 4) is 11.3 Å². The van der Waals surface area contributed by atoms with Crippen LogP contribution >= 0.6 is 0 Å². The average molecular weight is 1910 g/mol. The normalized spacial score (nSPS) is 28.6. The number of fused-ring (bicyclic) bond motifs is 6. The molecule has 11 heterocycles. The fourth-order valence-electron chi connectivity index (χ4n) is 20.1. The van der Waals surface area contributed by atoms with Crippen molar-refractivity contribution in [2.45, 2.75) is 231 Å². The van der Waals surface area contributed by atoms with Gasteiger partial charge in [0, 0.05) is 154 Å². The number of oxime groups is 1. The number of oxazole rings is 1. The number of nitrogens with zero attached hydrogens (tertiary/aromatic N) is 16. The third-order valence-corrected chi connectivity index (χ3v) is 28.4. The molecule has 2 bridgehead atoms. The predicted molar refractivity (Wildman–Crippen MR) is 512 cm³/mol. The van der Waals surface area contributed by atoms with Crippen molar-refractivity contribution in [2.24, 2.45) is 40.7 Å². The molecule has 4 saturated heterocycles. The van der Waals surface area contributed by atoms with Gasteiger partial charge in [0.25, 0.3) is 23.6 Å². The Morgan fingerprint density at radius 3 is 2.25 bits per heavy atom. The number of piperidine rings is 1. The number of amides is 3. The van der Waals surface area contributed by atoms with Crippen LogP contribution in [0.2, 0.25) is 0 Å². The van der Waals surface area contributed by atoms with Crippen LogP contribution in [-0.4, -0.2) is 310 Å². The molecule has 0 unspecified atom stereocenters. The van der Waals surface area contributed by atoms with Crippen LogP contribution in [0.3, 0.4) is 0 Å². The number of hydrogen-bond acceptors (Lipinski definition) is 33. The number of carboxylic acids is 1. The summed E-state index contributed by atoms with van der Waals surface area (Å²) in [5, 5.41) is 68.1. The highest BCUT2D eigenvalue weighted by atomic mass is 16.6. The van der Waals surface area contributed by atoms with E-state index in [1.807, 2.05) is 85.9 Å². The standard InChI is InChI=1S/C100H134N18O20/c1-59-16-12-11-13-17-60(2)81(131-8)48-74-26-19-65(7)100(130,138-74)90(124)94(126)117-31-15-14-18-76(117)96(129)136-82(62(4)44-66-22-27-78(120)83(46-66)132-9)49-79(121)61(3)43-64(6)88(123)89(133-10)86(63(5)42-59)111-135-57-73(119)25-21-68-50-103-99(104-51-68)115-37-38-116(77(56-115)95(127)128)84(122)30-40-134-41-39-112-33-35-113(36-34-112)98-105-52-72(53-106-98)93(125)114-32-29-69-45-67(20-23-71(69)55-114)54-118-92-85(91(101)107-58-108-92)87(110-118)70-24-28-80-75(47-70)109-97(102)137-80/h11-13,16-17,20,23-24,28,43,45,47,50-53,58-59,61-63,65-66,74,76-79,81-83,88-89,120-121,123,130H,14-15,18-19,21-22,25-27,29-42,44,46,48-49,54-57H2,1-10H3,(H2,102,109)(H,127,128)(H2,101,107,108)/b13-11+,16-12+,60-17+,64-43+,111-86?/t59-,61-,62-,63-,65-,66+,74+,76+,77-,78-,79-,81+,82+,83-,88-,89+,100-/m1/s1. The van der Waals surface area contributed by atoms with Crippen molar-refractivity contribution in [1.82, 2.24) is 64.3 Å². The highest BCUT2D eigenvalue weighted by molar-refractivity contribution is 6.39. The monoisotopic (exact) mass is 1910 g/mol. The van der Waals surface area contributed by atoms with Crippen LogP contribution in [0.4, 0.5) is 23.7 Å². The lowest BCUT2D eigenvalue weighted by Crippen LogP contribution is -2.61. The summed E-state index contributed by atoms with van der Waals surface area (Å²) >= 11 is 0. The van der Waals surface area contributed by atoms with Crippen molar-refractivity contribution in [2.75, 3.05) is 128 Å². The molecule has 38 heteroatoms. The lowest BCUT2D eigenvalue weighted by molar-refractivity contribution is -0.265. The Labute approximate surface area is 803 Å². The average Bonchev–Trinajstić information content (AvgIpc) is 1.59. The molecule has 744 valence electrons. The predicted octanol–water partition coefficient (Wildman–Crippen LogP) is 8.25. The number of hydrogen-bond donors (Lipinski definition) is 7. The van der Waals surface area contributed by atoms with E-state index in [4.69, 9.17) is 54.2 Å². The highest BCUT2D eigenvalue weighted by Gasteiger charge is 2.54. The maximum atomic E-state index is 14.8. The number of carbonyl (C=O) groups excluding carboxylic acids is 6. The molecule has 9 N–H and O–H groups in total. The van der Waals surface area contributed by atoms with Crippen LogP contribution < -0.4 is 21.3 Å². The first-order valence-electron chi connectivity index (χ1n) is 48.3. The number of aliphatic carboxylic acids is 1. The zero-order valence-corrected chi connectivity index (χ0v) is 80.6. The number of aryl methyl sites for hydroxylation is 1. The Hall–Kier alpha value is -11.5. The molecule has 17 atom stereocenters. The number of methoxy groups -OCH3 is 3. The summed E-state index contributed by atoms with van der Waals surface area (Å²) in [6.07, 6.45) is 18.4. The number of piperazine rings is 2. The van der Waals surface area contributed by atoms with Gasteiger partial charge in [0.2, 0.25) is 23.6 Å². The van der Waals surface area contributed by atoms with E-state index in [2.05, 4.69) is 62.0 Å². The van der Waals surface area contributed by atoms with Crippen LogP contribution in [0.5, 0.6) is 0 Å². The van der Waals surface area contributed by atoms with Gasteiger partial charge in [-0.2, -0.15) is 10.1 Å². The third-order valence-electron chi connectivity index (χ3n) is 28.4. The molecule has 7 aliphatic rings. The highest BCUT2D eigenvalue weighted by Crippen LogP contribution is 2.41. The summed E-state index contributed by atoms with van der Waals surface area (Å²) in [5.41, 5.74) is 21.2. The van der Waals surface area contributed by atoms with Gasteiger partial charge in [-0.3, -0.25) is 28.9 Å². The number of benzene rings is 2. The second-order valence-electron chi connectivity index (χ2n) is 38.2. The third kappa shape index (κ3) is 25.0. The Morgan fingerprint density at radius 1 is 0.739 bits per heavy atom. The van der Waals surface area contributed by atoms with Gasteiger partial charge < -0.3 is 99.2 Å². The number of aliphatic hydroxyl groups excluding tert-OH is 3. The minimum atomic E-state index is -2.48. The number of anilines is 4. The second-order valence-corrected chi connectivity index (χ2v) is 38.2. The van der Waals surface area contributed by atoms with E-state index in [0.29, 0.717) is 185 Å². The summed E-state index contributed by atoms with van der Waals surface area (Å²) in [6.45, 7) is 18.1. The molecule has 5 aromatic heterocycles. The number of cyclic esters (lactones) is 1. The van der Waals surface area contributed by atoms with Crippen LogP contribution in [0.25, 0.3) is 33.4 Å². The number of Topliss-reactive ketones (excluding diaryl/α,β-unsaturated/α-hetero) is 2. The van der Waals surface area contributed by atoms with E-state index in [0.717, 1.165) is 27.8 Å². The number of aromatic nitrogens is 9. The van der Waals surface area contributed by atoms with Crippen molar-refractivity contribution < 1.29 is 96.8 Å². The summed E-state index contributed by atoms with van der Waals surface area (Å²) in [5.74, 6) is -8.46. The molecule has 1 saturated carbocycles. The molecule has 7 aromatic rings. The van der Waals surface area contributed by atoms with Crippen LogP contribution in [-0.2, 0) is 88.0 Å². The van der Waals surface area contributed by atoms with E-state index in [1.54, 1.807) is 76.8 Å². The number of nitrogen functional groups attached to an aromatic ring is 2. The molecule has 138 heavy (non-hydrogen) atoms. The van der Waals surface area contributed by atoms with Crippen LogP contribution in [0, 0.1) is 35.5 Å². The zero-order valence-electron chi connectivity index (χ0n) is 80.6. The van der Waals surface area contributed by atoms with Crippen molar-refractivity contribution in [3.63, 3.8) is 0 Å². The van der Waals surface area contributed by atoms with Gasteiger partial charge in [0.05, 0.1) is 79.9 Å². The van der Waals surface area contributed by atoms with E-state index < -0.39 is 109 Å². The minimum Gasteiger partial charge on any atom is -0.480 e. The minimum absolute atomic E-state index is 0.0125. The first-order valence-corrected chi connectivity index (χ1v) is 48.3. The summed E-state index contributed by atoms with van der Waals surface area (Å²) in [4.78, 5) is 146. The molecule has 6 aliphatic heterocycles. The number of carbonyl (C=O) groups is 7. The topological polar surface area (TPSA) is 490 Å².